The summed E-state index contributed by atoms with van der Waals surface area (Å²) < 4.78 is 0.638. The van der Waals surface area contributed by atoms with E-state index in [2.05, 4.69) is 31.2 Å². The lowest BCUT2D eigenvalue weighted by Gasteiger charge is -2.21. The number of nitrogens with two attached hydrogens (primary N) is 1. The first-order valence-electron chi connectivity index (χ1n) is 4.77. The summed E-state index contributed by atoms with van der Waals surface area (Å²) in [6.45, 7) is 2.08. The van der Waals surface area contributed by atoms with E-state index in [4.69, 9.17) is 10.8 Å². The van der Waals surface area contributed by atoms with E-state index in [9.17, 15) is 0 Å². The zero-order chi connectivity index (χ0) is 12.1. The van der Waals surface area contributed by atoms with Crippen LogP contribution in [-0.2, 0) is 0 Å². The van der Waals surface area contributed by atoms with E-state index in [1.54, 1.807) is 17.8 Å². The summed E-state index contributed by atoms with van der Waals surface area (Å²) in [6, 6.07) is 1.70. The molecular weight excluding hydrogens is 292 g/mol. The summed E-state index contributed by atoms with van der Waals surface area (Å²) in [4.78, 5) is 8.21. The van der Waals surface area contributed by atoms with Gasteiger partial charge in [-0.1, -0.05) is 0 Å². The molecule has 90 valence electrons. The molecule has 0 saturated heterocycles. The molecule has 1 aromatic heterocycles. The highest BCUT2D eigenvalue weighted by atomic mass is 79.9. The van der Waals surface area contributed by atoms with Gasteiger partial charge in [-0.15, -0.1) is 0 Å². The molecule has 0 aliphatic rings. The molecule has 0 aliphatic carbocycles. The van der Waals surface area contributed by atoms with Crippen LogP contribution in [0.3, 0.4) is 0 Å². The molecular formula is C9H15BrN4OS. The Morgan fingerprint density at radius 1 is 1.62 bits per heavy atom. The van der Waals surface area contributed by atoms with Crippen molar-refractivity contribution in [2.75, 3.05) is 23.9 Å². The van der Waals surface area contributed by atoms with Crippen molar-refractivity contribution in [1.82, 2.24) is 9.97 Å². The topological polar surface area (TPSA) is 84.1 Å². The molecule has 7 heteroatoms. The number of aliphatic hydroxyl groups is 1. The van der Waals surface area contributed by atoms with Crippen molar-refractivity contribution in [2.45, 2.75) is 18.2 Å². The molecule has 0 spiro atoms. The van der Waals surface area contributed by atoms with Gasteiger partial charge in [0.2, 0.25) is 5.95 Å². The number of hydrogen-bond acceptors (Lipinski definition) is 6. The maximum atomic E-state index is 9.15. The Bertz CT molecular complexity index is 328. The van der Waals surface area contributed by atoms with Gasteiger partial charge in [0.15, 0.2) is 0 Å². The molecule has 0 fully saturated rings. The Labute approximate surface area is 107 Å². The smallest absolute Gasteiger partial charge is 0.225 e. The average molecular weight is 307 g/mol. The number of nitrogens with zero attached hydrogens (tertiary/aromatic N) is 2. The Morgan fingerprint density at radius 3 is 2.81 bits per heavy atom. The lowest BCUT2D eigenvalue weighted by Crippen LogP contribution is -2.31. The van der Waals surface area contributed by atoms with Crippen LogP contribution in [0.2, 0.25) is 0 Å². The largest absolute Gasteiger partial charge is 0.395 e. The molecule has 0 radical (unpaired) electrons. The molecule has 5 nitrogen and oxygen atoms in total. The molecule has 1 rings (SSSR count). The van der Waals surface area contributed by atoms with Gasteiger partial charge in [0.25, 0.3) is 0 Å². The van der Waals surface area contributed by atoms with Crippen molar-refractivity contribution in [3.8, 4) is 0 Å². The molecule has 0 amide bonds. The first-order valence-corrected chi connectivity index (χ1v) is 6.85. The summed E-state index contributed by atoms with van der Waals surface area (Å²) in [5.74, 6) is 0.869. The van der Waals surface area contributed by atoms with E-state index >= 15 is 0 Å². The fraction of sp³-hybridized carbons (Fsp3) is 0.556. The zero-order valence-corrected chi connectivity index (χ0v) is 11.5. The van der Waals surface area contributed by atoms with E-state index < -0.39 is 0 Å². The van der Waals surface area contributed by atoms with Crippen LogP contribution in [0, 0.1) is 0 Å². The van der Waals surface area contributed by atoms with Crippen LogP contribution in [0.4, 0.5) is 11.8 Å². The number of anilines is 2. The minimum atomic E-state index is 0.0636. The summed E-state index contributed by atoms with van der Waals surface area (Å²) in [5.41, 5.74) is 5.60. The third-order valence-electron chi connectivity index (χ3n) is 2.11. The molecule has 2 atom stereocenters. The second-order valence-corrected chi connectivity index (χ2v) is 5.22. The minimum Gasteiger partial charge on any atom is -0.395 e. The number of hydrogen-bond donors (Lipinski definition) is 3. The number of nitrogen functional groups attached to an aromatic ring is 1. The van der Waals surface area contributed by atoms with Crippen molar-refractivity contribution >= 4 is 39.5 Å². The van der Waals surface area contributed by atoms with Gasteiger partial charge < -0.3 is 16.2 Å². The van der Waals surface area contributed by atoms with Gasteiger partial charge in [0.1, 0.15) is 10.4 Å². The standard InChI is InChI=1S/C9H15BrN4OS/c1-5(6(4-15)16-2)12-9-13-7(10)3-8(11)14-9/h3,5-6,15H,4H2,1-2H3,(H3,11,12,13,14). The molecule has 4 N–H and O–H groups in total. The fourth-order valence-electron chi connectivity index (χ4n) is 1.23. The number of aliphatic hydroxyl groups excluding tert-OH is 1. The molecule has 16 heavy (non-hydrogen) atoms. The van der Waals surface area contributed by atoms with Gasteiger partial charge in [-0.05, 0) is 29.1 Å². The fourth-order valence-corrected chi connectivity index (χ4v) is 2.26. The maximum Gasteiger partial charge on any atom is 0.225 e. The highest BCUT2D eigenvalue weighted by Crippen LogP contribution is 2.16. The average Bonchev–Trinajstić information content (AvgIpc) is 2.17. The van der Waals surface area contributed by atoms with Crippen LogP contribution in [0.5, 0.6) is 0 Å². The Morgan fingerprint density at radius 2 is 2.31 bits per heavy atom. The molecule has 1 heterocycles. The van der Waals surface area contributed by atoms with Crippen LogP contribution >= 0.6 is 27.7 Å². The number of rotatable bonds is 5. The van der Waals surface area contributed by atoms with E-state index in [1.165, 1.54) is 0 Å². The number of nitrogens with one attached hydrogen (secondary N) is 1. The van der Waals surface area contributed by atoms with E-state index in [0.717, 1.165) is 0 Å². The molecule has 1 aromatic rings. The second kappa shape index (κ2) is 6.27. The lowest BCUT2D eigenvalue weighted by atomic mass is 10.2. The highest BCUT2D eigenvalue weighted by Gasteiger charge is 2.16. The molecule has 2 unspecified atom stereocenters. The first kappa shape index (κ1) is 13.5. The Hall–Kier alpha value is -0.530. The van der Waals surface area contributed by atoms with Crippen LogP contribution in [0.15, 0.2) is 10.7 Å². The van der Waals surface area contributed by atoms with E-state index in [0.29, 0.717) is 16.4 Å². The number of halogens is 1. The summed E-state index contributed by atoms with van der Waals surface area (Å²) in [5, 5.41) is 12.4. The van der Waals surface area contributed by atoms with Crippen molar-refractivity contribution < 1.29 is 5.11 Å². The normalized spacial score (nSPS) is 14.5. The predicted octanol–water partition coefficient (Wildman–Crippen LogP) is 1.35. The number of thioether (sulfide) groups is 1. The van der Waals surface area contributed by atoms with Gasteiger partial charge >= 0.3 is 0 Å². The quantitative estimate of drug-likeness (QED) is 0.712. The van der Waals surface area contributed by atoms with Crippen LogP contribution in [0.25, 0.3) is 0 Å². The minimum absolute atomic E-state index is 0.0636. The number of aromatic nitrogens is 2. The predicted molar refractivity (Wildman–Crippen MR) is 71.6 cm³/mol. The first-order chi connectivity index (χ1) is 7.56. The molecule has 0 aliphatic heterocycles. The van der Waals surface area contributed by atoms with Gasteiger partial charge in [-0.2, -0.15) is 16.7 Å². The van der Waals surface area contributed by atoms with Gasteiger partial charge in [-0.3, -0.25) is 0 Å². The van der Waals surface area contributed by atoms with E-state index in [-0.39, 0.29) is 17.9 Å². The van der Waals surface area contributed by atoms with Crippen LogP contribution < -0.4 is 11.1 Å². The highest BCUT2D eigenvalue weighted by molar-refractivity contribution is 9.10. The molecule has 0 bridgehead atoms. The van der Waals surface area contributed by atoms with Crippen molar-refractivity contribution in [1.29, 1.82) is 0 Å². The third-order valence-corrected chi connectivity index (χ3v) is 3.68. The van der Waals surface area contributed by atoms with Gasteiger partial charge in [-0.25, -0.2) is 4.98 Å². The summed E-state index contributed by atoms with van der Waals surface area (Å²) in [6.07, 6.45) is 1.95. The van der Waals surface area contributed by atoms with Gasteiger partial charge in [0.05, 0.1) is 6.61 Å². The summed E-state index contributed by atoms with van der Waals surface area (Å²) in [7, 11) is 0. The van der Waals surface area contributed by atoms with Crippen molar-refractivity contribution in [2.24, 2.45) is 0 Å². The summed E-state index contributed by atoms with van der Waals surface area (Å²) >= 11 is 4.84. The van der Waals surface area contributed by atoms with Crippen LogP contribution in [-0.4, -0.2) is 39.2 Å². The Balaban J connectivity index is 2.72. The monoisotopic (exact) mass is 306 g/mol. The van der Waals surface area contributed by atoms with E-state index in [1.807, 2.05) is 13.2 Å². The lowest BCUT2D eigenvalue weighted by molar-refractivity contribution is 0.288. The van der Waals surface area contributed by atoms with Crippen molar-refractivity contribution in [3.05, 3.63) is 10.7 Å². The zero-order valence-electron chi connectivity index (χ0n) is 9.14. The SMILES string of the molecule is CSC(CO)C(C)Nc1nc(N)cc(Br)n1. The second-order valence-electron chi connectivity index (χ2n) is 3.33. The Kier molecular flexibility index (Phi) is 5.30. The van der Waals surface area contributed by atoms with Crippen LogP contribution in [0.1, 0.15) is 6.92 Å². The molecule has 0 aromatic carbocycles. The van der Waals surface area contributed by atoms with Crippen molar-refractivity contribution in [3.63, 3.8) is 0 Å². The molecule has 0 saturated carbocycles. The third kappa shape index (κ3) is 3.80. The van der Waals surface area contributed by atoms with Gasteiger partial charge in [0, 0.05) is 17.4 Å². The maximum absolute atomic E-state index is 9.15.